The smallest absolute Gasteiger partial charge is 0.498 e. The number of likely N-dealkylation sites (N-methyl/N-ethyl adjacent to an activating group) is 1. The van der Waals surface area contributed by atoms with Gasteiger partial charge in [0.25, 0.3) is 0 Å². The monoisotopic (exact) mass is 279 g/mol. The van der Waals surface area contributed by atoms with Crippen LogP contribution in [0.4, 0.5) is 0 Å². The number of carbonyl (C=O) groups is 2. The maximum absolute atomic E-state index is 11.8. The Labute approximate surface area is 120 Å². The van der Waals surface area contributed by atoms with Crippen LogP contribution in [0.2, 0.25) is 5.82 Å². The number of allylic oxidation sites excluding steroid dienone is 2. The average Bonchev–Trinajstić information content (AvgIpc) is 2.86. The van der Waals surface area contributed by atoms with Gasteiger partial charge in [-0.1, -0.05) is 37.8 Å². The van der Waals surface area contributed by atoms with Crippen molar-refractivity contribution in [2.75, 3.05) is 20.1 Å². The summed E-state index contributed by atoms with van der Waals surface area (Å²) >= 11 is 0. The Morgan fingerprint density at radius 3 is 2.25 bits per heavy atom. The lowest BCUT2D eigenvalue weighted by molar-refractivity contribution is -0.146. The van der Waals surface area contributed by atoms with Crippen molar-refractivity contribution in [3.05, 3.63) is 12.2 Å². The van der Waals surface area contributed by atoms with Gasteiger partial charge in [0.1, 0.15) is 0 Å². The molecule has 0 amide bonds. The lowest BCUT2D eigenvalue weighted by atomic mass is 9.63. The molecule has 1 saturated heterocycles. The summed E-state index contributed by atoms with van der Waals surface area (Å²) in [6.07, 6.45) is 8.52. The Morgan fingerprint density at radius 2 is 1.75 bits per heavy atom. The Bertz CT molecular complexity index is 373. The molecule has 2 fully saturated rings. The minimum absolute atomic E-state index is 0.0289. The second-order valence-electron chi connectivity index (χ2n) is 5.67. The van der Waals surface area contributed by atoms with E-state index in [9.17, 15) is 9.59 Å². The van der Waals surface area contributed by atoms with Gasteiger partial charge in [0.2, 0.25) is 0 Å². The van der Waals surface area contributed by atoms with E-state index in [1.807, 2.05) is 19.1 Å². The third-order valence-electron chi connectivity index (χ3n) is 3.97. The molecule has 0 N–H and O–H groups in total. The molecule has 1 aliphatic heterocycles. The number of carbonyl (C=O) groups excluding carboxylic acids is 2. The molecule has 0 aromatic rings. The topological polar surface area (TPSA) is 55.8 Å². The van der Waals surface area contributed by atoms with Gasteiger partial charge in [-0.2, -0.15) is 0 Å². The molecule has 0 spiro atoms. The molecule has 0 aromatic carbocycles. The van der Waals surface area contributed by atoms with Crippen LogP contribution in [0.5, 0.6) is 0 Å². The van der Waals surface area contributed by atoms with E-state index >= 15 is 0 Å². The highest BCUT2D eigenvalue weighted by molar-refractivity contribution is 6.51. The van der Waals surface area contributed by atoms with E-state index in [4.69, 9.17) is 9.31 Å². The van der Waals surface area contributed by atoms with E-state index in [1.165, 1.54) is 12.8 Å². The molecule has 1 aliphatic carbocycles. The zero-order valence-electron chi connectivity index (χ0n) is 12.2. The highest BCUT2D eigenvalue weighted by Crippen LogP contribution is 2.38. The molecule has 0 radical (unpaired) electrons. The van der Waals surface area contributed by atoms with Gasteiger partial charge in [-0.15, -0.1) is 0 Å². The quantitative estimate of drug-likeness (QED) is 0.580. The second kappa shape index (κ2) is 6.93. The molecule has 20 heavy (non-hydrogen) atoms. The van der Waals surface area contributed by atoms with Gasteiger partial charge in [0.05, 0.1) is 13.1 Å². The summed E-state index contributed by atoms with van der Waals surface area (Å²) in [6, 6.07) is 0. The zero-order chi connectivity index (χ0) is 14.5. The molecule has 0 aromatic heterocycles. The second-order valence-corrected chi connectivity index (χ2v) is 5.67. The number of nitrogens with zero attached hydrogens (tertiary/aromatic N) is 1. The van der Waals surface area contributed by atoms with Crippen molar-refractivity contribution < 1.29 is 18.9 Å². The summed E-state index contributed by atoms with van der Waals surface area (Å²) in [5.41, 5.74) is 0. The third-order valence-corrected chi connectivity index (χ3v) is 3.97. The highest BCUT2D eigenvalue weighted by atomic mass is 16.6. The minimum Gasteiger partial charge on any atom is -0.498 e. The first kappa shape index (κ1) is 15.1. The van der Waals surface area contributed by atoms with Crippen molar-refractivity contribution in [1.82, 2.24) is 4.90 Å². The molecule has 5 nitrogen and oxygen atoms in total. The van der Waals surface area contributed by atoms with Gasteiger partial charge in [-0.3, -0.25) is 14.5 Å². The van der Waals surface area contributed by atoms with E-state index in [-0.39, 0.29) is 30.8 Å². The standard InChI is InChI=1S/C14H22BNO4/c1-3-6-12(11-7-4-5-8-11)15-19-13(17)9-16(2)10-14(18)20-15/h3,6,11-12H,4-5,7-10H2,1-2H3/b6-3+. The zero-order valence-corrected chi connectivity index (χ0v) is 12.2. The van der Waals surface area contributed by atoms with Crippen molar-refractivity contribution in [1.29, 1.82) is 0 Å². The molecule has 6 heteroatoms. The first-order valence-electron chi connectivity index (χ1n) is 7.30. The molecule has 1 atom stereocenters. The molecule has 1 heterocycles. The van der Waals surface area contributed by atoms with Gasteiger partial charge < -0.3 is 9.31 Å². The van der Waals surface area contributed by atoms with Gasteiger partial charge >= 0.3 is 19.1 Å². The van der Waals surface area contributed by atoms with Gasteiger partial charge in [0, 0.05) is 5.82 Å². The first-order chi connectivity index (χ1) is 9.60. The lowest BCUT2D eigenvalue weighted by Gasteiger charge is -2.28. The Balaban J connectivity index is 2.12. The molecule has 1 saturated carbocycles. The van der Waals surface area contributed by atoms with Crippen LogP contribution < -0.4 is 0 Å². The van der Waals surface area contributed by atoms with Gasteiger partial charge in [0.15, 0.2) is 0 Å². The van der Waals surface area contributed by atoms with Gasteiger partial charge in [-0.05, 0) is 19.9 Å². The SMILES string of the molecule is C/C=C/C(B1OC(=O)CN(C)CC(=O)O1)C1CCCC1. The summed E-state index contributed by atoms with van der Waals surface area (Å²) in [5, 5.41) is 0. The van der Waals surface area contributed by atoms with Crippen molar-refractivity contribution >= 4 is 19.1 Å². The van der Waals surface area contributed by atoms with E-state index in [0.717, 1.165) is 12.8 Å². The number of rotatable bonds is 3. The summed E-state index contributed by atoms with van der Waals surface area (Å²) in [5.74, 6) is -0.275. The van der Waals surface area contributed by atoms with Crippen LogP contribution >= 0.6 is 0 Å². The van der Waals surface area contributed by atoms with Crippen molar-refractivity contribution in [3.8, 4) is 0 Å². The molecule has 2 aliphatic rings. The highest BCUT2D eigenvalue weighted by Gasteiger charge is 2.42. The number of hydrogen-bond donors (Lipinski definition) is 0. The summed E-state index contributed by atoms with van der Waals surface area (Å²) < 4.78 is 10.8. The minimum atomic E-state index is -0.775. The summed E-state index contributed by atoms with van der Waals surface area (Å²) in [7, 11) is 0.923. The van der Waals surface area contributed by atoms with Crippen LogP contribution in [0.3, 0.4) is 0 Å². The lowest BCUT2D eigenvalue weighted by Crippen LogP contribution is -2.45. The summed E-state index contributed by atoms with van der Waals surface area (Å²) in [6.45, 7) is 2.18. The van der Waals surface area contributed by atoms with E-state index in [2.05, 4.69) is 0 Å². The predicted molar refractivity (Wildman–Crippen MR) is 76.0 cm³/mol. The van der Waals surface area contributed by atoms with Crippen molar-refractivity contribution in [2.24, 2.45) is 5.92 Å². The van der Waals surface area contributed by atoms with Crippen LogP contribution in [0.25, 0.3) is 0 Å². The summed E-state index contributed by atoms with van der Waals surface area (Å²) in [4.78, 5) is 25.2. The van der Waals surface area contributed by atoms with Gasteiger partial charge in [-0.25, -0.2) is 0 Å². The normalized spacial score (nSPS) is 24.4. The molecule has 110 valence electrons. The Morgan fingerprint density at radius 1 is 1.20 bits per heavy atom. The maximum atomic E-state index is 11.8. The molecule has 2 rings (SSSR count). The van der Waals surface area contributed by atoms with Crippen LogP contribution in [-0.2, 0) is 18.9 Å². The van der Waals surface area contributed by atoms with Crippen LogP contribution in [-0.4, -0.2) is 44.1 Å². The first-order valence-corrected chi connectivity index (χ1v) is 7.30. The Hall–Kier alpha value is -1.30. The molecule has 1 unspecified atom stereocenters. The maximum Gasteiger partial charge on any atom is 0.606 e. The largest absolute Gasteiger partial charge is 0.606 e. The van der Waals surface area contributed by atoms with E-state index in [1.54, 1.807) is 11.9 Å². The molecular formula is C14H22BNO4. The van der Waals surface area contributed by atoms with E-state index < -0.39 is 7.12 Å². The fourth-order valence-electron chi connectivity index (χ4n) is 3.05. The molecule has 0 bridgehead atoms. The third kappa shape index (κ3) is 3.85. The fourth-order valence-corrected chi connectivity index (χ4v) is 3.05. The van der Waals surface area contributed by atoms with E-state index in [0.29, 0.717) is 5.92 Å². The number of hydrogen-bond acceptors (Lipinski definition) is 5. The average molecular weight is 279 g/mol. The van der Waals surface area contributed by atoms with Crippen LogP contribution in [0.1, 0.15) is 32.6 Å². The fraction of sp³-hybridized carbons (Fsp3) is 0.714. The van der Waals surface area contributed by atoms with Crippen molar-refractivity contribution in [2.45, 2.75) is 38.4 Å². The van der Waals surface area contributed by atoms with Crippen LogP contribution in [0.15, 0.2) is 12.2 Å². The van der Waals surface area contributed by atoms with Crippen molar-refractivity contribution in [3.63, 3.8) is 0 Å². The van der Waals surface area contributed by atoms with Crippen LogP contribution in [0, 0.1) is 5.92 Å². The Kier molecular flexibility index (Phi) is 5.23. The predicted octanol–water partition coefficient (Wildman–Crippen LogP) is 1.64. The molecular weight excluding hydrogens is 257 g/mol.